The average Bonchev–Trinajstić information content (AvgIpc) is 2.64. The van der Waals surface area contributed by atoms with Crippen LogP contribution in [0.25, 0.3) is 0 Å². The van der Waals surface area contributed by atoms with Gasteiger partial charge in [0.05, 0.1) is 5.56 Å². The third kappa shape index (κ3) is 2.38. The minimum atomic E-state index is -0.764. The second-order valence-electron chi connectivity index (χ2n) is 4.27. The van der Waals surface area contributed by atoms with E-state index in [9.17, 15) is 9.18 Å². The average molecular weight is 222 g/mol. The number of halogens is 1. The normalized spacial score (nSPS) is 24.4. The molecular weight excluding hydrogens is 207 g/mol. The summed E-state index contributed by atoms with van der Waals surface area (Å²) in [5, 5.41) is 2.85. The van der Waals surface area contributed by atoms with Gasteiger partial charge in [-0.05, 0) is 37.8 Å². The van der Waals surface area contributed by atoms with E-state index in [1.807, 2.05) is 6.92 Å². The van der Waals surface area contributed by atoms with Crippen molar-refractivity contribution in [2.75, 3.05) is 0 Å². The molecule has 0 aromatic carbocycles. The van der Waals surface area contributed by atoms with Crippen molar-refractivity contribution < 1.29 is 9.18 Å². The van der Waals surface area contributed by atoms with Crippen LogP contribution in [0.2, 0.25) is 0 Å². The van der Waals surface area contributed by atoms with Gasteiger partial charge in [0.1, 0.15) is 6.17 Å². The molecule has 0 radical (unpaired) electrons. The van der Waals surface area contributed by atoms with E-state index in [0.29, 0.717) is 18.4 Å². The molecule has 0 spiro atoms. The predicted octanol–water partition coefficient (Wildman–Crippen LogP) is 2.01. The molecule has 1 aromatic rings. The van der Waals surface area contributed by atoms with Gasteiger partial charge in [-0.3, -0.25) is 9.78 Å². The van der Waals surface area contributed by atoms with Crippen LogP contribution in [-0.4, -0.2) is 23.1 Å². The smallest absolute Gasteiger partial charge is 0.253 e. The molecule has 1 N–H and O–H groups in total. The van der Waals surface area contributed by atoms with Gasteiger partial charge in [0.2, 0.25) is 0 Å². The number of hydrogen-bond donors (Lipinski definition) is 1. The molecule has 0 bridgehead atoms. The molecule has 2 rings (SSSR count). The highest BCUT2D eigenvalue weighted by Gasteiger charge is 2.25. The number of pyridine rings is 1. The number of rotatable bonds is 2. The van der Waals surface area contributed by atoms with Crippen LogP contribution in [-0.2, 0) is 0 Å². The van der Waals surface area contributed by atoms with E-state index in [2.05, 4.69) is 10.3 Å². The van der Waals surface area contributed by atoms with Gasteiger partial charge in [0.15, 0.2) is 0 Å². The highest BCUT2D eigenvalue weighted by molar-refractivity contribution is 5.95. The molecule has 1 heterocycles. The Morgan fingerprint density at radius 2 is 2.38 bits per heavy atom. The molecule has 1 fully saturated rings. The minimum absolute atomic E-state index is 0.0258. The van der Waals surface area contributed by atoms with E-state index >= 15 is 0 Å². The lowest BCUT2D eigenvalue weighted by atomic mass is 10.1. The summed E-state index contributed by atoms with van der Waals surface area (Å²) in [5.74, 6) is -0.148. The minimum Gasteiger partial charge on any atom is -0.349 e. The maximum Gasteiger partial charge on any atom is 0.253 e. The number of nitrogens with zero attached hydrogens (tertiary/aromatic N) is 1. The quantitative estimate of drug-likeness (QED) is 0.831. The molecular formula is C12H15FN2O. The van der Waals surface area contributed by atoms with Crippen LogP contribution < -0.4 is 5.32 Å². The SMILES string of the molecule is Cc1ccncc1C(=O)NC1CCC(F)C1. The number of amides is 1. The highest BCUT2D eigenvalue weighted by atomic mass is 19.1. The molecule has 1 saturated carbocycles. The van der Waals surface area contributed by atoms with Gasteiger partial charge in [-0.2, -0.15) is 0 Å². The fourth-order valence-corrected chi connectivity index (χ4v) is 2.02. The first kappa shape index (κ1) is 11.0. The van der Waals surface area contributed by atoms with E-state index in [-0.39, 0.29) is 11.9 Å². The zero-order valence-electron chi connectivity index (χ0n) is 9.24. The Kier molecular flexibility index (Phi) is 3.17. The number of hydrogen-bond acceptors (Lipinski definition) is 2. The van der Waals surface area contributed by atoms with Crippen LogP contribution in [0.3, 0.4) is 0 Å². The second-order valence-corrected chi connectivity index (χ2v) is 4.27. The van der Waals surface area contributed by atoms with Crippen LogP contribution in [0.15, 0.2) is 18.5 Å². The molecule has 4 heteroatoms. The van der Waals surface area contributed by atoms with E-state index in [1.165, 1.54) is 0 Å². The molecule has 2 atom stereocenters. The number of carbonyl (C=O) groups excluding carboxylic acids is 1. The van der Waals surface area contributed by atoms with Crippen molar-refractivity contribution in [3.63, 3.8) is 0 Å². The van der Waals surface area contributed by atoms with Gasteiger partial charge in [0.25, 0.3) is 5.91 Å². The summed E-state index contributed by atoms with van der Waals surface area (Å²) in [6.07, 6.45) is 4.15. The van der Waals surface area contributed by atoms with Gasteiger partial charge in [0, 0.05) is 18.4 Å². The number of aromatic nitrogens is 1. The molecule has 1 amide bonds. The first-order valence-corrected chi connectivity index (χ1v) is 5.52. The molecule has 86 valence electrons. The number of nitrogens with one attached hydrogen (secondary N) is 1. The van der Waals surface area contributed by atoms with Crippen molar-refractivity contribution in [3.8, 4) is 0 Å². The summed E-state index contributed by atoms with van der Waals surface area (Å²) in [4.78, 5) is 15.8. The first-order valence-electron chi connectivity index (χ1n) is 5.52. The van der Waals surface area contributed by atoms with Crippen molar-refractivity contribution in [2.45, 2.75) is 38.4 Å². The molecule has 2 unspecified atom stereocenters. The number of carbonyl (C=O) groups is 1. The Hall–Kier alpha value is -1.45. The fraction of sp³-hybridized carbons (Fsp3) is 0.500. The first-order chi connectivity index (χ1) is 7.66. The number of aryl methyl sites for hydroxylation is 1. The monoisotopic (exact) mass is 222 g/mol. The Labute approximate surface area is 94.1 Å². The number of alkyl halides is 1. The zero-order valence-corrected chi connectivity index (χ0v) is 9.24. The molecule has 0 aliphatic heterocycles. The summed E-state index contributed by atoms with van der Waals surface area (Å²) in [6.45, 7) is 1.86. The van der Waals surface area contributed by atoms with Crippen molar-refractivity contribution in [2.24, 2.45) is 0 Å². The van der Waals surface area contributed by atoms with Crippen LogP contribution >= 0.6 is 0 Å². The van der Waals surface area contributed by atoms with Gasteiger partial charge >= 0.3 is 0 Å². The molecule has 3 nitrogen and oxygen atoms in total. The topological polar surface area (TPSA) is 42.0 Å². The standard InChI is InChI=1S/C12H15FN2O/c1-8-4-5-14-7-11(8)12(16)15-10-3-2-9(13)6-10/h4-5,7,9-10H,2-3,6H2,1H3,(H,15,16). The molecule has 0 saturated heterocycles. The molecule has 1 aliphatic carbocycles. The summed E-state index contributed by atoms with van der Waals surface area (Å²) in [5.41, 5.74) is 1.46. The van der Waals surface area contributed by atoms with Crippen molar-refractivity contribution in [1.29, 1.82) is 0 Å². The predicted molar refractivity (Wildman–Crippen MR) is 59.0 cm³/mol. The van der Waals surface area contributed by atoms with Crippen LogP contribution in [0, 0.1) is 6.92 Å². The van der Waals surface area contributed by atoms with Crippen molar-refractivity contribution >= 4 is 5.91 Å². The Morgan fingerprint density at radius 1 is 1.56 bits per heavy atom. The van der Waals surface area contributed by atoms with E-state index in [1.54, 1.807) is 18.5 Å². The zero-order chi connectivity index (χ0) is 11.5. The van der Waals surface area contributed by atoms with Crippen LogP contribution in [0.4, 0.5) is 4.39 Å². The summed E-state index contributed by atoms with van der Waals surface area (Å²) >= 11 is 0. The van der Waals surface area contributed by atoms with Gasteiger partial charge in [-0.1, -0.05) is 0 Å². The third-order valence-corrected chi connectivity index (χ3v) is 2.99. The molecule has 16 heavy (non-hydrogen) atoms. The van der Waals surface area contributed by atoms with E-state index < -0.39 is 6.17 Å². The Balaban J connectivity index is 2.01. The maximum absolute atomic E-state index is 12.9. The lowest BCUT2D eigenvalue weighted by Crippen LogP contribution is -2.33. The van der Waals surface area contributed by atoms with E-state index in [0.717, 1.165) is 12.0 Å². The second kappa shape index (κ2) is 4.60. The lowest BCUT2D eigenvalue weighted by Gasteiger charge is -2.12. The summed E-state index contributed by atoms with van der Waals surface area (Å²) in [6, 6.07) is 1.77. The maximum atomic E-state index is 12.9. The lowest BCUT2D eigenvalue weighted by molar-refractivity contribution is 0.0935. The van der Waals surface area contributed by atoms with Crippen molar-refractivity contribution in [3.05, 3.63) is 29.6 Å². The summed E-state index contributed by atoms with van der Waals surface area (Å²) in [7, 11) is 0. The fourth-order valence-electron chi connectivity index (χ4n) is 2.02. The van der Waals surface area contributed by atoms with Crippen LogP contribution in [0.5, 0.6) is 0 Å². The van der Waals surface area contributed by atoms with Gasteiger partial charge in [-0.15, -0.1) is 0 Å². The van der Waals surface area contributed by atoms with E-state index in [4.69, 9.17) is 0 Å². The molecule has 1 aliphatic rings. The van der Waals surface area contributed by atoms with Crippen LogP contribution in [0.1, 0.15) is 35.2 Å². The largest absolute Gasteiger partial charge is 0.349 e. The Morgan fingerprint density at radius 3 is 3.00 bits per heavy atom. The van der Waals surface area contributed by atoms with Gasteiger partial charge < -0.3 is 5.32 Å². The third-order valence-electron chi connectivity index (χ3n) is 2.99. The molecule has 1 aromatic heterocycles. The highest BCUT2D eigenvalue weighted by Crippen LogP contribution is 2.22. The Bertz CT molecular complexity index is 394. The summed E-state index contributed by atoms with van der Waals surface area (Å²) < 4.78 is 12.9. The van der Waals surface area contributed by atoms with Crippen molar-refractivity contribution in [1.82, 2.24) is 10.3 Å². The van der Waals surface area contributed by atoms with Gasteiger partial charge in [-0.25, -0.2) is 4.39 Å².